The summed E-state index contributed by atoms with van der Waals surface area (Å²) in [5.74, 6) is 0.898. The van der Waals surface area contributed by atoms with Gasteiger partial charge in [-0.05, 0) is 19.8 Å². The Bertz CT molecular complexity index is 478. The Morgan fingerprint density at radius 3 is 2.70 bits per heavy atom. The molecule has 1 saturated carbocycles. The van der Waals surface area contributed by atoms with Gasteiger partial charge in [-0.2, -0.15) is 0 Å². The molecule has 1 aliphatic carbocycles. The van der Waals surface area contributed by atoms with E-state index in [1.807, 2.05) is 0 Å². The van der Waals surface area contributed by atoms with Gasteiger partial charge in [-0.15, -0.1) is 0 Å². The Morgan fingerprint density at radius 1 is 1.40 bits per heavy atom. The molecule has 2 rings (SSSR count). The monoisotopic (exact) mass is 279 g/mol. The van der Waals surface area contributed by atoms with Crippen molar-refractivity contribution >= 4 is 17.6 Å². The molecule has 0 spiro atoms. The Hall–Kier alpha value is -1.85. The lowest BCUT2D eigenvalue weighted by molar-refractivity contribution is -0.137. The zero-order chi connectivity index (χ0) is 14.5. The molecule has 110 valence electrons. The number of hydrogen-bond donors (Lipinski definition) is 1. The van der Waals surface area contributed by atoms with Crippen molar-refractivity contribution < 1.29 is 14.1 Å². The van der Waals surface area contributed by atoms with Crippen LogP contribution < -0.4 is 5.32 Å². The van der Waals surface area contributed by atoms with E-state index in [4.69, 9.17) is 4.52 Å². The Kier molecular flexibility index (Phi) is 4.76. The molecule has 20 heavy (non-hydrogen) atoms. The standard InChI is InChI=1S/C14H21N3O3/c1-10-8-12(16-20-10)15-13(18)9-17(2)14(19)11-6-4-3-5-7-11/h8,11H,3-7,9H2,1-2H3,(H,15,16,18). The van der Waals surface area contributed by atoms with Gasteiger partial charge in [0, 0.05) is 19.0 Å². The van der Waals surface area contributed by atoms with Crippen molar-refractivity contribution in [2.45, 2.75) is 39.0 Å². The number of anilines is 1. The van der Waals surface area contributed by atoms with Crippen LogP contribution in [0.1, 0.15) is 37.9 Å². The Labute approximate surface area is 118 Å². The molecule has 1 aromatic heterocycles. The normalized spacial score (nSPS) is 15.9. The fourth-order valence-corrected chi connectivity index (χ4v) is 2.56. The first-order valence-corrected chi connectivity index (χ1v) is 7.04. The number of nitrogens with one attached hydrogen (secondary N) is 1. The molecule has 0 radical (unpaired) electrons. The molecule has 1 N–H and O–H groups in total. The van der Waals surface area contributed by atoms with Crippen molar-refractivity contribution in [3.63, 3.8) is 0 Å². The van der Waals surface area contributed by atoms with Gasteiger partial charge in [-0.1, -0.05) is 24.4 Å². The topological polar surface area (TPSA) is 75.4 Å². The first-order valence-electron chi connectivity index (χ1n) is 7.04. The first-order chi connectivity index (χ1) is 9.56. The number of nitrogens with zero attached hydrogens (tertiary/aromatic N) is 2. The third-order valence-electron chi connectivity index (χ3n) is 3.61. The van der Waals surface area contributed by atoms with Crippen LogP contribution in [0.4, 0.5) is 5.82 Å². The summed E-state index contributed by atoms with van der Waals surface area (Å²) in [5.41, 5.74) is 0. The van der Waals surface area contributed by atoms with E-state index in [1.165, 1.54) is 11.3 Å². The van der Waals surface area contributed by atoms with Crippen molar-refractivity contribution in [1.29, 1.82) is 0 Å². The molecule has 1 heterocycles. The molecule has 0 saturated heterocycles. The lowest BCUT2D eigenvalue weighted by atomic mass is 9.88. The number of rotatable bonds is 4. The molecule has 0 atom stereocenters. The molecular formula is C14H21N3O3. The third kappa shape index (κ3) is 3.82. The van der Waals surface area contributed by atoms with Crippen molar-refractivity contribution in [3.8, 4) is 0 Å². The van der Waals surface area contributed by atoms with Gasteiger partial charge < -0.3 is 14.7 Å². The average molecular weight is 279 g/mol. The van der Waals surface area contributed by atoms with Crippen LogP contribution in [0.15, 0.2) is 10.6 Å². The van der Waals surface area contributed by atoms with Crippen molar-refractivity contribution in [1.82, 2.24) is 10.1 Å². The Morgan fingerprint density at radius 2 is 2.10 bits per heavy atom. The van der Waals surface area contributed by atoms with E-state index in [1.54, 1.807) is 20.0 Å². The minimum absolute atomic E-state index is 0.0429. The predicted molar refractivity (Wildman–Crippen MR) is 74.1 cm³/mol. The third-order valence-corrected chi connectivity index (χ3v) is 3.61. The van der Waals surface area contributed by atoms with Crippen LogP contribution in [0.5, 0.6) is 0 Å². The van der Waals surface area contributed by atoms with E-state index in [2.05, 4.69) is 10.5 Å². The summed E-state index contributed by atoms with van der Waals surface area (Å²) in [6.07, 6.45) is 5.29. The summed E-state index contributed by atoms with van der Waals surface area (Å²) in [7, 11) is 1.67. The highest BCUT2D eigenvalue weighted by atomic mass is 16.5. The van der Waals surface area contributed by atoms with Gasteiger partial charge in [0.05, 0.1) is 6.54 Å². The number of likely N-dealkylation sites (N-methyl/N-ethyl adjacent to an activating group) is 1. The quantitative estimate of drug-likeness (QED) is 0.914. The second-order valence-electron chi connectivity index (χ2n) is 5.40. The van der Waals surface area contributed by atoms with Crippen LogP contribution in [-0.2, 0) is 9.59 Å². The first kappa shape index (κ1) is 14.6. The number of carbonyl (C=O) groups is 2. The van der Waals surface area contributed by atoms with Gasteiger partial charge in [0.25, 0.3) is 0 Å². The highest BCUT2D eigenvalue weighted by molar-refractivity contribution is 5.94. The maximum atomic E-state index is 12.2. The van der Waals surface area contributed by atoms with E-state index in [0.29, 0.717) is 11.6 Å². The zero-order valence-electron chi connectivity index (χ0n) is 12.0. The molecule has 1 aliphatic rings. The second-order valence-corrected chi connectivity index (χ2v) is 5.40. The van der Waals surface area contributed by atoms with E-state index in [0.717, 1.165) is 25.7 Å². The average Bonchev–Trinajstić information content (AvgIpc) is 2.84. The summed E-state index contributed by atoms with van der Waals surface area (Å²) in [6, 6.07) is 1.64. The smallest absolute Gasteiger partial charge is 0.245 e. The molecule has 6 nitrogen and oxygen atoms in total. The minimum Gasteiger partial charge on any atom is -0.360 e. The molecule has 0 aromatic carbocycles. The fraction of sp³-hybridized carbons (Fsp3) is 0.643. The minimum atomic E-state index is -0.259. The summed E-state index contributed by atoms with van der Waals surface area (Å²) >= 11 is 0. The fourth-order valence-electron chi connectivity index (χ4n) is 2.56. The van der Waals surface area contributed by atoms with E-state index < -0.39 is 0 Å². The molecule has 2 amide bonds. The van der Waals surface area contributed by atoms with Gasteiger partial charge in [0.1, 0.15) is 5.76 Å². The van der Waals surface area contributed by atoms with Gasteiger partial charge in [0.2, 0.25) is 11.8 Å². The van der Waals surface area contributed by atoms with Crippen LogP contribution in [0, 0.1) is 12.8 Å². The predicted octanol–water partition coefficient (Wildman–Crippen LogP) is 1.96. The lowest BCUT2D eigenvalue weighted by Gasteiger charge is -2.25. The molecule has 1 fully saturated rings. The maximum Gasteiger partial charge on any atom is 0.245 e. The van der Waals surface area contributed by atoms with Crippen LogP contribution in [0.25, 0.3) is 0 Å². The van der Waals surface area contributed by atoms with Gasteiger partial charge in [0.15, 0.2) is 5.82 Å². The van der Waals surface area contributed by atoms with Crippen LogP contribution in [0.2, 0.25) is 0 Å². The summed E-state index contributed by atoms with van der Waals surface area (Å²) < 4.78 is 4.87. The van der Waals surface area contributed by atoms with Crippen LogP contribution in [-0.4, -0.2) is 35.5 Å². The summed E-state index contributed by atoms with van der Waals surface area (Å²) in [6.45, 7) is 1.79. The SMILES string of the molecule is Cc1cc(NC(=O)CN(C)C(=O)C2CCCCC2)no1. The largest absolute Gasteiger partial charge is 0.360 e. The zero-order valence-corrected chi connectivity index (χ0v) is 12.0. The highest BCUT2D eigenvalue weighted by Crippen LogP contribution is 2.25. The molecule has 0 bridgehead atoms. The molecule has 1 aromatic rings. The number of hydrogen-bond acceptors (Lipinski definition) is 4. The summed E-state index contributed by atoms with van der Waals surface area (Å²) in [4.78, 5) is 25.5. The van der Waals surface area contributed by atoms with E-state index >= 15 is 0 Å². The molecule has 0 unspecified atom stereocenters. The lowest BCUT2D eigenvalue weighted by Crippen LogP contribution is -2.39. The number of aromatic nitrogens is 1. The Balaban J connectivity index is 1.82. The molecule has 0 aliphatic heterocycles. The molecule has 6 heteroatoms. The number of amides is 2. The molecular weight excluding hydrogens is 258 g/mol. The van der Waals surface area contributed by atoms with Crippen molar-refractivity contribution in [3.05, 3.63) is 11.8 Å². The number of carbonyl (C=O) groups excluding carboxylic acids is 2. The maximum absolute atomic E-state index is 12.2. The van der Waals surface area contributed by atoms with Gasteiger partial charge >= 0.3 is 0 Å². The second kappa shape index (κ2) is 6.54. The highest BCUT2D eigenvalue weighted by Gasteiger charge is 2.25. The van der Waals surface area contributed by atoms with Crippen molar-refractivity contribution in [2.24, 2.45) is 5.92 Å². The van der Waals surface area contributed by atoms with Gasteiger partial charge in [-0.3, -0.25) is 9.59 Å². The van der Waals surface area contributed by atoms with Crippen molar-refractivity contribution in [2.75, 3.05) is 18.9 Å². The van der Waals surface area contributed by atoms with Gasteiger partial charge in [-0.25, -0.2) is 0 Å². The summed E-state index contributed by atoms with van der Waals surface area (Å²) in [5, 5.41) is 6.30. The van der Waals surface area contributed by atoms with E-state index in [9.17, 15) is 9.59 Å². The van der Waals surface area contributed by atoms with E-state index in [-0.39, 0.29) is 24.3 Å². The number of aryl methyl sites for hydroxylation is 1. The van der Waals surface area contributed by atoms with Crippen LogP contribution >= 0.6 is 0 Å². The van der Waals surface area contributed by atoms with Crippen LogP contribution in [0.3, 0.4) is 0 Å².